The van der Waals surface area contributed by atoms with Crippen molar-refractivity contribution in [3.63, 3.8) is 0 Å². The zero-order valence-corrected chi connectivity index (χ0v) is 14.2. The molecule has 1 aliphatic heterocycles. The average Bonchev–Trinajstić information content (AvgIpc) is 2.41. The minimum atomic E-state index is -3.53. The lowest BCUT2D eigenvalue weighted by molar-refractivity contribution is 0.159. The van der Waals surface area contributed by atoms with E-state index in [-0.39, 0.29) is 10.9 Å². The Labute approximate surface area is 128 Å². The van der Waals surface area contributed by atoms with Crippen LogP contribution in [-0.4, -0.2) is 57.5 Å². The summed E-state index contributed by atoms with van der Waals surface area (Å²) in [7, 11) is -0.0427. The number of ether oxygens (including phenoxy) is 1. The van der Waals surface area contributed by atoms with Gasteiger partial charge < -0.3 is 9.64 Å². The third-order valence-corrected chi connectivity index (χ3v) is 6.05. The molecule has 0 N–H and O–H groups in total. The number of rotatable bonds is 3. The molecular formula is C13H19BrN2O3S. The van der Waals surface area contributed by atoms with E-state index in [1.54, 1.807) is 18.2 Å². The second kappa shape index (κ2) is 6.01. The van der Waals surface area contributed by atoms with E-state index >= 15 is 0 Å². The first-order valence-corrected chi connectivity index (χ1v) is 8.63. The molecule has 5 nitrogen and oxygen atoms in total. The largest absolute Gasteiger partial charge is 0.495 e. The summed E-state index contributed by atoms with van der Waals surface area (Å²) in [4.78, 5) is 2.37. The van der Waals surface area contributed by atoms with Gasteiger partial charge in [0.1, 0.15) is 10.6 Å². The Morgan fingerprint density at radius 1 is 1.35 bits per heavy atom. The maximum Gasteiger partial charge on any atom is 0.246 e. The number of hydrogen-bond acceptors (Lipinski definition) is 4. The van der Waals surface area contributed by atoms with Gasteiger partial charge in [0.15, 0.2) is 0 Å². The first kappa shape index (κ1) is 15.8. The van der Waals surface area contributed by atoms with Gasteiger partial charge in [-0.2, -0.15) is 4.31 Å². The Morgan fingerprint density at radius 2 is 2.05 bits per heavy atom. The van der Waals surface area contributed by atoms with Crippen LogP contribution in [0.3, 0.4) is 0 Å². The molecule has 0 amide bonds. The molecule has 7 heteroatoms. The van der Waals surface area contributed by atoms with Gasteiger partial charge in [-0.1, -0.05) is 15.9 Å². The third-order valence-electron chi connectivity index (χ3n) is 3.67. The SMILES string of the molecule is COc1ccc(Br)cc1S(=O)(=O)N1CCN(C)C(C)C1. The molecule has 0 radical (unpaired) electrons. The molecule has 2 rings (SSSR count). The topological polar surface area (TPSA) is 49.9 Å². The summed E-state index contributed by atoms with van der Waals surface area (Å²) in [5.41, 5.74) is 0. The standard InChI is InChI=1S/C13H19BrN2O3S/c1-10-9-16(7-6-15(10)2)20(17,18)13-8-11(14)4-5-12(13)19-3/h4-5,8,10H,6-7,9H2,1-3H3. The van der Waals surface area contributed by atoms with Crippen LogP contribution in [0.2, 0.25) is 0 Å². The van der Waals surface area contributed by atoms with Crippen molar-refractivity contribution >= 4 is 26.0 Å². The molecule has 1 aromatic carbocycles. The Balaban J connectivity index is 2.38. The molecule has 0 aromatic heterocycles. The highest BCUT2D eigenvalue weighted by atomic mass is 79.9. The van der Waals surface area contributed by atoms with Crippen LogP contribution in [0.5, 0.6) is 5.75 Å². The van der Waals surface area contributed by atoms with Crippen LogP contribution in [0, 0.1) is 0 Å². The first-order chi connectivity index (χ1) is 9.36. The number of piperazine rings is 1. The summed E-state index contributed by atoms with van der Waals surface area (Å²) in [6.45, 7) is 3.75. The Bertz CT molecular complexity index is 591. The monoisotopic (exact) mass is 362 g/mol. The van der Waals surface area contributed by atoms with E-state index in [0.717, 1.165) is 11.0 Å². The first-order valence-electron chi connectivity index (χ1n) is 6.40. The molecular weight excluding hydrogens is 344 g/mol. The van der Waals surface area contributed by atoms with E-state index in [9.17, 15) is 8.42 Å². The van der Waals surface area contributed by atoms with Gasteiger partial charge in [-0.25, -0.2) is 8.42 Å². The summed E-state index contributed by atoms with van der Waals surface area (Å²) in [6, 6.07) is 5.23. The molecule has 1 aromatic rings. The minimum Gasteiger partial charge on any atom is -0.495 e. The number of benzene rings is 1. The Kier molecular flexibility index (Phi) is 4.73. The highest BCUT2D eigenvalue weighted by molar-refractivity contribution is 9.10. The summed E-state index contributed by atoms with van der Waals surface area (Å²) in [5.74, 6) is 0.375. The maximum atomic E-state index is 12.8. The summed E-state index contributed by atoms with van der Waals surface area (Å²) in [5, 5.41) is 0. The van der Waals surface area contributed by atoms with Crippen molar-refractivity contribution < 1.29 is 13.2 Å². The third kappa shape index (κ3) is 3.00. The van der Waals surface area contributed by atoms with E-state index < -0.39 is 10.0 Å². The molecule has 20 heavy (non-hydrogen) atoms. The fourth-order valence-electron chi connectivity index (χ4n) is 2.22. The fraction of sp³-hybridized carbons (Fsp3) is 0.538. The molecule has 0 saturated carbocycles. The molecule has 1 aliphatic rings. The number of sulfonamides is 1. The van der Waals surface area contributed by atoms with Crippen molar-refractivity contribution in [2.45, 2.75) is 17.9 Å². The molecule has 0 spiro atoms. The predicted octanol–water partition coefficient (Wildman–Crippen LogP) is 1.78. The van der Waals surface area contributed by atoms with Gasteiger partial charge in [0, 0.05) is 30.1 Å². The smallest absolute Gasteiger partial charge is 0.246 e. The minimum absolute atomic E-state index is 0.205. The van der Waals surface area contributed by atoms with Crippen LogP contribution in [0.4, 0.5) is 0 Å². The lowest BCUT2D eigenvalue weighted by Gasteiger charge is -2.37. The van der Waals surface area contributed by atoms with E-state index in [1.165, 1.54) is 11.4 Å². The van der Waals surface area contributed by atoms with Crippen molar-refractivity contribution in [3.05, 3.63) is 22.7 Å². The van der Waals surface area contributed by atoms with Crippen molar-refractivity contribution in [1.29, 1.82) is 0 Å². The second-order valence-electron chi connectivity index (χ2n) is 4.99. The zero-order chi connectivity index (χ0) is 14.9. The van der Waals surface area contributed by atoms with Crippen molar-refractivity contribution in [3.8, 4) is 5.75 Å². The van der Waals surface area contributed by atoms with E-state index in [1.807, 2.05) is 14.0 Å². The molecule has 1 unspecified atom stereocenters. The number of likely N-dealkylation sites (N-methyl/N-ethyl adjacent to an activating group) is 1. The molecule has 1 heterocycles. The second-order valence-corrected chi connectivity index (χ2v) is 7.81. The maximum absolute atomic E-state index is 12.8. The van der Waals surface area contributed by atoms with Crippen LogP contribution in [0.1, 0.15) is 6.92 Å². The average molecular weight is 363 g/mol. The molecule has 112 valence electrons. The number of methoxy groups -OCH3 is 1. The molecule has 1 atom stereocenters. The van der Waals surface area contributed by atoms with E-state index in [2.05, 4.69) is 20.8 Å². The van der Waals surface area contributed by atoms with Crippen LogP contribution >= 0.6 is 15.9 Å². The number of halogens is 1. The van der Waals surface area contributed by atoms with Crippen LogP contribution in [-0.2, 0) is 10.0 Å². The van der Waals surface area contributed by atoms with Crippen molar-refractivity contribution in [2.24, 2.45) is 0 Å². The van der Waals surface area contributed by atoms with Gasteiger partial charge in [0.05, 0.1) is 7.11 Å². The number of hydrogen-bond donors (Lipinski definition) is 0. The Morgan fingerprint density at radius 3 is 2.65 bits per heavy atom. The highest BCUT2D eigenvalue weighted by Gasteiger charge is 2.32. The van der Waals surface area contributed by atoms with Crippen LogP contribution in [0.25, 0.3) is 0 Å². The van der Waals surface area contributed by atoms with Crippen LogP contribution in [0.15, 0.2) is 27.6 Å². The van der Waals surface area contributed by atoms with Gasteiger partial charge in [-0.05, 0) is 32.2 Å². The Hall–Kier alpha value is -0.630. The molecule has 0 aliphatic carbocycles. The summed E-state index contributed by atoms with van der Waals surface area (Å²) < 4.78 is 33.0. The summed E-state index contributed by atoms with van der Waals surface area (Å²) >= 11 is 3.32. The zero-order valence-electron chi connectivity index (χ0n) is 11.8. The van der Waals surface area contributed by atoms with Crippen molar-refractivity contribution in [2.75, 3.05) is 33.8 Å². The lowest BCUT2D eigenvalue weighted by atomic mass is 10.2. The normalized spacial score (nSPS) is 21.9. The van der Waals surface area contributed by atoms with Gasteiger partial charge in [-0.3, -0.25) is 0 Å². The molecule has 0 bridgehead atoms. The van der Waals surface area contributed by atoms with Gasteiger partial charge in [0.25, 0.3) is 0 Å². The van der Waals surface area contributed by atoms with E-state index in [0.29, 0.717) is 18.8 Å². The van der Waals surface area contributed by atoms with Gasteiger partial charge in [0.2, 0.25) is 10.0 Å². The van der Waals surface area contributed by atoms with Gasteiger partial charge in [-0.15, -0.1) is 0 Å². The molecule has 1 saturated heterocycles. The summed E-state index contributed by atoms with van der Waals surface area (Å²) in [6.07, 6.45) is 0. The fourth-order valence-corrected chi connectivity index (χ4v) is 4.43. The molecule has 1 fully saturated rings. The highest BCUT2D eigenvalue weighted by Crippen LogP contribution is 2.30. The predicted molar refractivity (Wildman–Crippen MR) is 81.5 cm³/mol. The number of nitrogens with zero attached hydrogens (tertiary/aromatic N) is 2. The quantitative estimate of drug-likeness (QED) is 0.822. The lowest BCUT2D eigenvalue weighted by Crippen LogP contribution is -2.51. The van der Waals surface area contributed by atoms with Crippen molar-refractivity contribution in [1.82, 2.24) is 9.21 Å². The van der Waals surface area contributed by atoms with Crippen LogP contribution < -0.4 is 4.74 Å². The van der Waals surface area contributed by atoms with E-state index in [4.69, 9.17) is 4.74 Å². The van der Waals surface area contributed by atoms with Gasteiger partial charge >= 0.3 is 0 Å².